The summed E-state index contributed by atoms with van der Waals surface area (Å²) in [7, 11) is 0. The molecule has 3 nitrogen and oxygen atoms in total. The molecule has 0 aromatic carbocycles. The van der Waals surface area contributed by atoms with Gasteiger partial charge in [-0.15, -0.1) is 0 Å². The second-order valence-electron chi connectivity index (χ2n) is 5.09. The Bertz CT molecular complexity index is 366. The first-order valence-electron chi connectivity index (χ1n) is 6.77. The van der Waals surface area contributed by atoms with Crippen LogP contribution in [0.5, 0.6) is 0 Å². The van der Waals surface area contributed by atoms with Crippen LogP contribution in [0.25, 0.3) is 0 Å². The van der Waals surface area contributed by atoms with Crippen molar-refractivity contribution in [2.45, 2.75) is 45.3 Å². The molecule has 1 aromatic rings. The predicted octanol–water partition coefficient (Wildman–Crippen LogP) is 2.81. The fourth-order valence-corrected chi connectivity index (χ4v) is 2.64. The maximum Gasteiger partial charge on any atom is 0.0544 e. The van der Waals surface area contributed by atoms with E-state index in [1.165, 1.54) is 12.8 Å². The van der Waals surface area contributed by atoms with Crippen molar-refractivity contribution in [3.8, 4) is 0 Å². The Morgan fingerprint density at radius 3 is 3.00 bits per heavy atom. The first-order valence-corrected chi connectivity index (χ1v) is 7.56. The van der Waals surface area contributed by atoms with Crippen LogP contribution in [0.1, 0.15) is 32.4 Å². The van der Waals surface area contributed by atoms with E-state index in [0.29, 0.717) is 12.1 Å². The highest BCUT2D eigenvalue weighted by molar-refractivity contribution is 9.10. The van der Waals surface area contributed by atoms with Crippen molar-refractivity contribution in [1.82, 2.24) is 15.2 Å². The molecule has 1 N–H and O–H groups in total. The molecular weight excluding hydrogens is 290 g/mol. The standard InChI is InChI=1S/C14H22BrN3/c1-3-13-9-18(11(2)6-7-16-13)10-14-5-4-12(15)8-17-14/h4-5,8,11,13,16H,3,6-7,9-10H2,1-2H3. The molecule has 1 aliphatic rings. The van der Waals surface area contributed by atoms with E-state index < -0.39 is 0 Å². The largest absolute Gasteiger partial charge is 0.313 e. The van der Waals surface area contributed by atoms with Crippen molar-refractivity contribution in [3.63, 3.8) is 0 Å². The Hall–Kier alpha value is -0.450. The van der Waals surface area contributed by atoms with Crippen molar-refractivity contribution in [2.75, 3.05) is 13.1 Å². The molecule has 2 atom stereocenters. The van der Waals surface area contributed by atoms with Gasteiger partial charge < -0.3 is 5.32 Å². The maximum atomic E-state index is 4.48. The summed E-state index contributed by atoms with van der Waals surface area (Å²) in [5.74, 6) is 0. The summed E-state index contributed by atoms with van der Waals surface area (Å²) >= 11 is 3.43. The number of pyridine rings is 1. The monoisotopic (exact) mass is 311 g/mol. The average molecular weight is 312 g/mol. The molecule has 0 spiro atoms. The van der Waals surface area contributed by atoms with E-state index in [-0.39, 0.29) is 0 Å². The third-order valence-electron chi connectivity index (χ3n) is 3.72. The second kappa shape index (κ2) is 6.64. The van der Waals surface area contributed by atoms with Gasteiger partial charge in [0.15, 0.2) is 0 Å². The van der Waals surface area contributed by atoms with Crippen LogP contribution in [0.4, 0.5) is 0 Å². The summed E-state index contributed by atoms with van der Waals surface area (Å²) in [6.45, 7) is 7.77. The van der Waals surface area contributed by atoms with Gasteiger partial charge in [0.2, 0.25) is 0 Å². The fourth-order valence-electron chi connectivity index (χ4n) is 2.41. The summed E-state index contributed by atoms with van der Waals surface area (Å²) in [6.07, 6.45) is 4.29. The number of nitrogens with zero attached hydrogens (tertiary/aromatic N) is 2. The van der Waals surface area contributed by atoms with Gasteiger partial charge >= 0.3 is 0 Å². The van der Waals surface area contributed by atoms with Crippen LogP contribution >= 0.6 is 15.9 Å². The summed E-state index contributed by atoms with van der Waals surface area (Å²) in [6, 6.07) is 5.42. The van der Waals surface area contributed by atoms with Gasteiger partial charge in [-0.05, 0) is 54.4 Å². The Labute approximate surface area is 118 Å². The van der Waals surface area contributed by atoms with E-state index in [0.717, 1.165) is 29.8 Å². The van der Waals surface area contributed by atoms with Gasteiger partial charge in [0.1, 0.15) is 0 Å². The second-order valence-corrected chi connectivity index (χ2v) is 6.01. The number of hydrogen-bond acceptors (Lipinski definition) is 3. The lowest BCUT2D eigenvalue weighted by molar-refractivity contribution is 0.192. The Kier molecular flexibility index (Phi) is 5.15. The Morgan fingerprint density at radius 2 is 2.33 bits per heavy atom. The molecule has 1 aliphatic heterocycles. The van der Waals surface area contributed by atoms with E-state index in [9.17, 15) is 0 Å². The van der Waals surface area contributed by atoms with Gasteiger partial charge in [0.25, 0.3) is 0 Å². The molecular formula is C14H22BrN3. The van der Waals surface area contributed by atoms with Gasteiger partial charge in [-0.1, -0.05) is 6.92 Å². The molecule has 1 aromatic heterocycles. The molecule has 2 rings (SSSR count). The third kappa shape index (κ3) is 3.77. The van der Waals surface area contributed by atoms with Gasteiger partial charge in [-0.3, -0.25) is 9.88 Å². The van der Waals surface area contributed by atoms with Gasteiger partial charge in [0, 0.05) is 35.8 Å². The molecule has 0 radical (unpaired) electrons. The molecule has 18 heavy (non-hydrogen) atoms. The molecule has 2 unspecified atom stereocenters. The first kappa shape index (κ1) is 14.0. The molecule has 0 bridgehead atoms. The van der Waals surface area contributed by atoms with E-state index in [2.05, 4.69) is 57.1 Å². The normalized spacial score (nSPS) is 25.9. The average Bonchev–Trinajstić information content (AvgIpc) is 2.55. The lowest BCUT2D eigenvalue weighted by Gasteiger charge is -2.28. The van der Waals surface area contributed by atoms with E-state index in [1.54, 1.807) is 0 Å². The van der Waals surface area contributed by atoms with Gasteiger partial charge in [-0.2, -0.15) is 0 Å². The lowest BCUT2D eigenvalue weighted by atomic mass is 10.2. The first-order chi connectivity index (χ1) is 8.69. The van der Waals surface area contributed by atoms with Crippen LogP contribution in [0.15, 0.2) is 22.8 Å². The Morgan fingerprint density at radius 1 is 1.50 bits per heavy atom. The van der Waals surface area contributed by atoms with E-state index >= 15 is 0 Å². The minimum Gasteiger partial charge on any atom is -0.313 e. The highest BCUT2D eigenvalue weighted by Crippen LogP contribution is 2.15. The van der Waals surface area contributed by atoms with Crippen LogP contribution in [0.3, 0.4) is 0 Å². The number of rotatable bonds is 3. The zero-order valence-corrected chi connectivity index (χ0v) is 12.8. The van der Waals surface area contributed by atoms with Crippen LogP contribution in [0, 0.1) is 0 Å². The predicted molar refractivity (Wildman–Crippen MR) is 78.5 cm³/mol. The molecule has 0 aliphatic carbocycles. The molecule has 100 valence electrons. The van der Waals surface area contributed by atoms with Crippen molar-refractivity contribution in [1.29, 1.82) is 0 Å². The summed E-state index contributed by atoms with van der Waals surface area (Å²) in [4.78, 5) is 7.03. The SMILES string of the molecule is CCC1CN(Cc2ccc(Br)cn2)C(C)CCN1. The Balaban J connectivity index is 2.02. The molecule has 0 saturated carbocycles. The highest BCUT2D eigenvalue weighted by atomic mass is 79.9. The van der Waals surface area contributed by atoms with Crippen molar-refractivity contribution in [2.24, 2.45) is 0 Å². The van der Waals surface area contributed by atoms with Gasteiger partial charge in [-0.25, -0.2) is 0 Å². The van der Waals surface area contributed by atoms with Crippen molar-refractivity contribution < 1.29 is 0 Å². The van der Waals surface area contributed by atoms with Crippen LogP contribution in [-0.4, -0.2) is 35.1 Å². The minimum absolute atomic E-state index is 0.616. The number of aromatic nitrogens is 1. The summed E-state index contributed by atoms with van der Waals surface area (Å²) < 4.78 is 1.04. The molecule has 1 saturated heterocycles. The van der Waals surface area contributed by atoms with E-state index in [1.807, 2.05) is 6.20 Å². The number of halogens is 1. The zero-order valence-electron chi connectivity index (χ0n) is 11.2. The summed E-state index contributed by atoms with van der Waals surface area (Å²) in [5, 5.41) is 3.62. The highest BCUT2D eigenvalue weighted by Gasteiger charge is 2.22. The third-order valence-corrected chi connectivity index (χ3v) is 4.19. The van der Waals surface area contributed by atoms with Crippen molar-refractivity contribution >= 4 is 15.9 Å². The van der Waals surface area contributed by atoms with Gasteiger partial charge in [0.05, 0.1) is 5.69 Å². The number of hydrogen-bond donors (Lipinski definition) is 1. The maximum absolute atomic E-state index is 4.48. The van der Waals surface area contributed by atoms with Crippen molar-refractivity contribution in [3.05, 3.63) is 28.5 Å². The van der Waals surface area contributed by atoms with Crippen LogP contribution in [-0.2, 0) is 6.54 Å². The molecule has 4 heteroatoms. The molecule has 1 fully saturated rings. The van der Waals surface area contributed by atoms with Crippen LogP contribution < -0.4 is 5.32 Å². The quantitative estimate of drug-likeness (QED) is 0.930. The smallest absolute Gasteiger partial charge is 0.0544 e. The van der Waals surface area contributed by atoms with Crippen LogP contribution in [0.2, 0.25) is 0 Å². The number of nitrogens with one attached hydrogen (secondary N) is 1. The lowest BCUT2D eigenvalue weighted by Crippen LogP contribution is -2.39. The topological polar surface area (TPSA) is 28.2 Å². The zero-order chi connectivity index (χ0) is 13.0. The molecule has 2 heterocycles. The minimum atomic E-state index is 0.616. The summed E-state index contributed by atoms with van der Waals surface area (Å²) in [5.41, 5.74) is 1.15. The fraction of sp³-hybridized carbons (Fsp3) is 0.643. The van der Waals surface area contributed by atoms with E-state index in [4.69, 9.17) is 0 Å². The molecule has 0 amide bonds.